The zero-order chi connectivity index (χ0) is 13.9. The van der Waals surface area contributed by atoms with Gasteiger partial charge in [-0.3, -0.25) is 9.13 Å². The van der Waals surface area contributed by atoms with E-state index < -0.39 is 0 Å². The quantitative estimate of drug-likeness (QED) is 0.751. The van der Waals surface area contributed by atoms with Crippen LogP contribution in [0.4, 0.5) is 0 Å². The Morgan fingerprint density at radius 3 is 2.75 bits per heavy atom. The second-order valence-electron chi connectivity index (χ2n) is 5.64. The van der Waals surface area contributed by atoms with Gasteiger partial charge < -0.3 is 4.74 Å². The van der Waals surface area contributed by atoms with E-state index in [1.807, 2.05) is 0 Å². The van der Waals surface area contributed by atoms with Gasteiger partial charge in [-0.05, 0) is 37.3 Å². The Kier molecular flexibility index (Phi) is 2.65. The van der Waals surface area contributed by atoms with Gasteiger partial charge in [-0.2, -0.15) is 4.98 Å². The maximum Gasteiger partial charge on any atom is 0.330 e. The molecule has 6 nitrogen and oxygen atoms in total. The van der Waals surface area contributed by atoms with Gasteiger partial charge in [0.1, 0.15) is 5.52 Å². The van der Waals surface area contributed by atoms with Gasteiger partial charge in [0, 0.05) is 13.1 Å². The fraction of sp³-hybridized carbons (Fsp3) is 0.615. The number of nitrogens with zero attached hydrogens (tertiary/aromatic N) is 4. The van der Waals surface area contributed by atoms with Crippen LogP contribution in [0.25, 0.3) is 11.2 Å². The van der Waals surface area contributed by atoms with Crippen molar-refractivity contribution in [3.8, 4) is 0 Å². The highest BCUT2D eigenvalue weighted by Gasteiger charge is 2.37. The van der Waals surface area contributed by atoms with E-state index in [-0.39, 0.29) is 29.2 Å². The van der Waals surface area contributed by atoms with Gasteiger partial charge in [0.15, 0.2) is 5.65 Å². The van der Waals surface area contributed by atoms with E-state index in [1.54, 1.807) is 22.4 Å². The van der Waals surface area contributed by atoms with Crippen molar-refractivity contribution < 1.29 is 4.74 Å². The smallest absolute Gasteiger partial charge is 0.330 e. The summed E-state index contributed by atoms with van der Waals surface area (Å²) in [5.41, 5.74) is 1.30. The lowest BCUT2D eigenvalue weighted by molar-refractivity contribution is -0.0158. The number of imidazole rings is 1. The highest BCUT2D eigenvalue weighted by molar-refractivity contribution is 6.28. The molecule has 3 atom stereocenters. The lowest BCUT2D eigenvalue weighted by Gasteiger charge is -2.28. The lowest BCUT2D eigenvalue weighted by Crippen LogP contribution is -2.33. The average Bonchev–Trinajstić information content (AvgIpc) is 2.88. The zero-order valence-electron chi connectivity index (χ0n) is 11.1. The number of hydrogen-bond acceptors (Lipinski definition) is 4. The minimum Gasteiger partial charge on any atom is -0.375 e. The van der Waals surface area contributed by atoms with Gasteiger partial charge in [0.25, 0.3) is 0 Å². The summed E-state index contributed by atoms with van der Waals surface area (Å²) in [7, 11) is 1.74. The highest BCUT2D eigenvalue weighted by Crippen LogP contribution is 2.38. The summed E-state index contributed by atoms with van der Waals surface area (Å²) in [6, 6.07) is 0.142. The molecule has 2 aromatic rings. The number of ether oxygens (including phenoxy) is 1. The molecule has 0 amide bonds. The molecule has 7 heteroatoms. The molecule has 4 heterocycles. The third kappa shape index (κ3) is 1.71. The van der Waals surface area contributed by atoms with E-state index in [0.29, 0.717) is 5.65 Å². The third-order valence-electron chi connectivity index (χ3n) is 4.43. The summed E-state index contributed by atoms with van der Waals surface area (Å²) in [4.78, 5) is 20.7. The van der Waals surface area contributed by atoms with Gasteiger partial charge in [-0.25, -0.2) is 9.78 Å². The van der Waals surface area contributed by atoms with Crippen LogP contribution in [0.5, 0.6) is 0 Å². The van der Waals surface area contributed by atoms with E-state index in [1.165, 1.54) is 0 Å². The first-order valence-corrected chi connectivity index (χ1v) is 7.26. The monoisotopic (exact) mass is 294 g/mol. The summed E-state index contributed by atoms with van der Waals surface area (Å²) in [6.07, 6.45) is 6.09. The van der Waals surface area contributed by atoms with Crippen LogP contribution in [-0.2, 0) is 11.8 Å². The second kappa shape index (κ2) is 4.30. The highest BCUT2D eigenvalue weighted by atomic mass is 35.5. The first-order chi connectivity index (χ1) is 9.63. The molecule has 2 fully saturated rings. The normalized spacial score (nSPS) is 29.2. The van der Waals surface area contributed by atoms with Crippen LogP contribution in [0.15, 0.2) is 11.0 Å². The molecule has 4 rings (SSSR count). The Morgan fingerprint density at radius 2 is 2.05 bits per heavy atom. The van der Waals surface area contributed by atoms with Crippen molar-refractivity contribution in [3.63, 3.8) is 0 Å². The molecule has 0 aliphatic carbocycles. The van der Waals surface area contributed by atoms with Crippen molar-refractivity contribution in [1.82, 2.24) is 19.1 Å². The number of aromatic nitrogens is 4. The van der Waals surface area contributed by atoms with E-state index in [2.05, 4.69) is 9.97 Å². The summed E-state index contributed by atoms with van der Waals surface area (Å²) in [5.74, 6) is 0. The van der Waals surface area contributed by atoms with Crippen molar-refractivity contribution >= 4 is 22.8 Å². The van der Waals surface area contributed by atoms with Crippen molar-refractivity contribution in [3.05, 3.63) is 22.0 Å². The van der Waals surface area contributed by atoms with Crippen molar-refractivity contribution in [2.75, 3.05) is 0 Å². The van der Waals surface area contributed by atoms with Crippen molar-refractivity contribution in [2.24, 2.45) is 7.05 Å². The SMILES string of the molecule is Cn1c(=O)n([C@H]2C[C@H]3CC[C@@H](C2)O3)c2nc(Cl)ncc21. The van der Waals surface area contributed by atoms with Gasteiger partial charge in [0.2, 0.25) is 5.28 Å². The Balaban J connectivity index is 1.89. The fourth-order valence-electron chi connectivity index (χ4n) is 3.48. The zero-order valence-corrected chi connectivity index (χ0v) is 11.9. The summed E-state index contributed by atoms with van der Waals surface area (Å²) in [6.45, 7) is 0. The summed E-state index contributed by atoms with van der Waals surface area (Å²) in [5, 5.41) is 0.173. The molecule has 0 aromatic carbocycles. The number of fused-ring (bicyclic) bond motifs is 3. The molecule has 0 spiro atoms. The molecule has 2 bridgehead atoms. The fourth-order valence-corrected chi connectivity index (χ4v) is 3.61. The van der Waals surface area contributed by atoms with Crippen LogP contribution in [0.3, 0.4) is 0 Å². The lowest BCUT2D eigenvalue weighted by atomic mass is 10.0. The molecule has 2 aliphatic heterocycles. The predicted molar refractivity (Wildman–Crippen MR) is 73.9 cm³/mol. The van der Waals surface area contributed by atoms with Crippen LogP contribution in [0.2, 0.25) is 5.28 Å². The Hall–Kier alpha value is -1.40. The van der Waals surface area contributed by atoms with Crippen LogP contribution < -0.4 is 5.69 Å². The third-order valence-corrected chi connectivity index (χ3v) is 4.62. The number of aryl methyl sites for hydroxylation is 1. The van der Waals surface area contributed by atoms with E-state index in [4.69, 9.17) is 16.3 Å². The topological polar surface area (TPSA) is 61.9 Å². The van der Waals surface area contributed by atoms with E-state index in [0.717, 1.165) is 31.2 Å². The Labute approximate surface area is 120 Å². The number of halogens is 1. The summed E-state index contributed by atoms with van der Waals surface area (Å²) >= 11 is 5.89. The molecule has 0 radical (unpaired) electrons. The van der Waals surface area contributed by atoms with Gasteiger partial charge in [0.05, 0.1) is 18.4 Å². The van der Waals surface area contributed by atoms with Crippen LogP contribution in [0.1, 0.15) is 31.7 Å². The molecule has 106 valence electrons. The average molecular weight is 295 g/mol. The van der Waals surface area contributed by atoms with Gasteiger partial charge >= 0.3 is 5.69 Å². The first-order valence-electron chi connectivity index (χ1n) is 6.88. The molecule has 0 N–H and O–H groups in total. The molecular formula is C13H15ClN4O2. The van der Waals surface area contributed by atoms with Gasteiger partial charge in [-0.15, -0.1) is 0 Å². The minimum atomic E-state index is -0.0529. The number of rotatable bonds is 1. The predicted octanol–water partition coefficient (Wildman–Crippen LogP) is 1.67. The molecule has 2 saturated heterocycles. The van der Waals surface area contributed by atoms with Gasteiger partial charge in [-0.1, -0.05) is 0 Å². The Morgan fingerprint density at radius 1 is 1.35 bits per heavy atom. The second-order valence-corrected chi connectivity index (χ2v) is 5.98. The molecule has 0 unspecified atom stereocenters. The molecule has 0 saturated carbocycles. The maximum absolute atomic E-state index is 12.5. The first kappa shape index (κ1) is 12.3. The number of hydrogen-bond donors (Lipinski definition) is 0. The van der Waals surface area contributed by atoms with E-state index >= 15 is 0 Å². The standard InChI is InChI=1S/C13H15ClN4O2/c1-17-10-6-15-12(14)16-11(10)18(13(17)19)7-4-8-2-3-9(5-7)20-8/h6-9H,2-5H2,1H3/t7-,8+,9-. The van der Waals surface area contributed by atoms with Crippen molar-refractivity contribution in [1.29, 1.82) is 0 Å². The van der Waals surface area contributed by atoms with Crippen molar-refractivity contribution in [2.45, 2.75) is 43.9 Å². The molecular weight excluding hydrogens is 280 g/mol. The van der Waals surface area contributed by atoms with Crippen LogP contribution in [-0.4, -0.2) is 31.3 Å². The Bertz CT molecular complexity index is 726. The maximum atomic E-state index is 12.5. The van der Waals surface area contributed by atoms with Crippen LogP contribution in [0, 0.1) is 0 Å². The molecule has 2 aromatic heterocycles. The van der Waals surface area contributed by atoms with E-state index in [9.17, 15) is 4.79 Å². The van der Waals surface area contributed by atoms with Crippen LogP contribution >= 0.6 is 11.6 Å². The summed E-state index contributed by atoms with van der Waals surface area (Å²) < 4.78 is 9.21. The minimum absolute atomic E-state index is 0.0529. The molecule has 2 aliphatic rings. The molecule has 20 heavy (non-hydrogen) atoms. The largest absolute Gasteiger partial charge is 0.375 e.